The van der Waals surface area contributed by atoms with Crippen LogP contribution in [0, 0.1) is 6.92 Å². The molecule has 0 bridgehead atoms. The number of carbonyl (C=O) groups excluding carboxylic acids is 1. The van der Waals surface area contributed by atoms with Gasteiger partial charge in [0.25, 0.3) is 0 Å². The van der Waals surface area contributed by atoms with Crippen LogP contribution in [0.3, 0.4) is 0 Å². The fourth-order valence-electron chi connectivity index (χ4n) is 4.55. The molecule has 4 heteroatoms. The number of piperidine rings is 1. The molecule has 1 aliphatic carbocycles. The summed E-state index contributed by atoms with van der Waals surface area (Å²) in [5.41, 5.74) is 9.00. The quantitative estimate of drug-likeness (QED) is 0.519. The summed E-state index contributed by atoms with van der Waals surface area (Å²) < 4.78 is 0. The largest absolute Gasteiger partial charge is 0.298 e. The van der Waals surface area contributed by atoms with Gasteiger partial charge in [0.05, 0.1) is 4.88 Å². The van der Waals surface area contributed by atoms with Gasteiger partial charge in [-0.25, -0.2) is 0 Å². The van der Waals surface area contributed by atoms with Gasteiger partial charge in [0.15, 0.2) is 5.78 Å². The van der Waals surface area contributed by atoms with E-state index >= 15 is 0 Å². The number of hydrogen-bond donors (Lipinski definition) is 0. The van der Waals surface area contributed by atoms with E-state index in [1.807, 2.05) is 18.5 Å². The van der Waals surface area contributed by atoms with Gasteiger partial charge in [-0.05, 0) is 65.1 Å². The number of thiophene rings is 1. The second-order valence-corrected chi connectivity index (χ2v) is 8.89. The second-order valence-electron chi connectivity index (χ2n) is 7.98. The molecular weight excluding hydrogens is 388 g/mol. The summed E-state index contributed by atoms with van der Waals surface area (Å²) >= 11 is 1.59. The summed E-state index contributed by atoms with van der Waals surface area (Å²) in [4.78, 5) is 20.6. The number of aromatic nitrogens is 1. The number of rotatable bonds is 2. The number of fused-ring (bicyclic) bond motifs is 2. The van der Waals surface area contributed by atoms with Crippen LogP contribution < -0.4 is 0 Å². The van der Waals surface area contributed by atoms with Gasteiger partial charge in [0, 0.05) is 44.0 Å². The molecule has 0 amide bonds. The normalized spacial score (nSPS) is 16.5. The third-order valence-corrected chi connectivity index (χ3v) is 7.14. The molecule has 0 atom stereocenters. The van der Waals surface area contributed by atoms with Crippen LogP contribution in [-0.2, 0) is 13.0 Å². The number of hydrogen-bond acceptors (Lipinski definition) is 4. The minimum atomic E-state index is 0. The molecule has 0 N–H and O–H groups in total. The molecule has 1 aliphatic heterocycles. The first-order chi connectivity index (χ1) is 14.2. The molecule has 1 saturated heterocycles. The maximum atomic E-state index is 12.8. The standard InChI is InChI=1S/C25H24N2OS.CH4/c1-17-6-10-26-15-20(17)16-27-11-7-18(8-12-27)24-21-5-3-2-4-19(21)14-23(28)25-22(24)9-13-29-25;/h2-6,9-10,13,15H,7-8,11-12,14,16H2,1H3;1H4. The summed E-state index contributed by atoms with van der Waals surface area (Å²) in [6.45, 7) is 5.21. The highest BCUT2D eigenvalue weighted by atomic mass is 32.1. The lowest BCUT2D eigenvalue weighted by Crippen LogP contribution is -2.31. The molecular formula is C26H28N2OS. The Hall–Kier alpha value is -2.56. The lowest BCUT2D eigenvalue weighted by atomic mass is 9.87. The van der Waals surface area contributed by atoms with Crippen molar-refractivity contribution >= 4 is 22.7 Å². The van der Waals surface area contributed by atoms with Gasteiger partial charge in [0.1, 0.15) is 0 Å². The molecule has 1 aromatic carbocycles. The van der Waals surface area contributed by atoms with Gasteiger partial charge in [-0.15, -0.1) is 11.3 Å². The van der Waals surface area contributed by atoms with Crippen molar-refractivity contribution in [3.05, 3.63) is 92.4 Å². The number of aryl methyl sites for hydroxylation is 1. The van der Waals surface area contributed by atoms with Crippen molar-refractivity contribution in [2.24, 2.45) is 0 Å². The zero-order valence-corrected chi connectivity index (χ0v) is 17.5. The number of ketones is 1. The molecule has 3 nitrogen and oxygen atoms in total. The van der Waals surface area contributed by atoms with Gasteiger partial charge < -0.3 is 0 Å². The molecule has 2 aromatic heterocycles. The highest BCUT2D eigenvalue weighted by molar-refractivity contribution is 7.12. The van der Waals surface area contributed by atoms with Gasteiger partial charge in [-0.1, -0.05) is 37.3 Å². The summed E-state index contributed by atoms with van der Waals surface area (Å²) in [5.74, 6) is 0.252. The molecule has 0 radical (unpaired) electrons. The first-order valence-electron chi connectivity index (χ1n) is 10.2. The third kappa shape index (κ3) is 3.78. The van der Waals surface area contributed by atoms with E-state index < -0.39 is 0 Å². The molecule has 0 unspecified atom stereocenters. The topological polar surface area (TPSA) is 33.2 Å². The Kier molecular flexibility index (Phi) is 5.98. The van der Waals surface area contributed by atoms with Crippen LogP contribution in [0.2, 0.25) is 0 Å². The number of benzene rings is 1. The lowest BCUT2D eigenvalue weighted by molar-refractivity contribution is 0.0997. The highest BCUT2D eigenvalue weighted by Gasteiger charge is 2.28. The van der Waals surface area contributed by atoms with Gasteiger partial charge in [-0.3, -0.25) is 14.7 Å². The van der Waals surface area contributed by atoms with Crippen LogP contribution in [0.25, 0.3) is 5.57 Å². The number of likely N-dealkylation sites (tertiary alicyclic amines) is 1. The van der Waals surface area contributed by atoms with Crippen molar-refractivity contribution in [3.8, 4) is 0 Å². The van der Waals surface area contributed by atoms with E-state index in [0.717, 1.165) is 48.5 Å². The van der Waals surface area contributed by atoms with Crippen LogP contribution in [0.1, 0.15) is 57.8 Å². The molecule has 30 heavy (non-hydrogen) atoms. The molecule has 5 rings (SSSR count). The molecule has 0 spiro atoms. The van der Waals surface area contributed by atoms with Crippen LogP contribution in [0.15, 0.2) is 59.7 Å². The van der Waals surface area contributed by atoms with Crippen LogP contribution in [0.4, 0.5) is 0 Å². The van der Waals surface area contributed by atoms with Crippen molar-refractivity contribution in [3.63, 3.8) is 0 Å². The van der Waals surface area contributed by atoms with Gasteiger partial charge in [-0.2, -0.15) is 0 Å². The first kappa shape index (κ1) is 20.7. The number of carbonyl (C=O) groups is 1. The zero-order chi connectivity index (χ0) is 19.8. The van der Waals surface area contributed by atoms with Crippen molar-refractivity contribution in [1.29, 1.82) is 0 Å². The predicted octanol–water partition coefficient (Wildman–Crippen LogP) is 5.92. The predicted molar refractivity (Wildman–Crippen MR) is 125 cm³/mol. The Morgan fingerprint density at radius 3 is 2.67 bits per heavy atom. The highest BCUT2D eigenvalue weighted by Crippen LogP contribution is 2.40. The number of Topliss-reactive ketones (excluding diaryl/α,β-unsaturated/α-hetero) is 1. The Bertz CT molecular complexity index is 1100. The van der Waals surface area contributed by atoms with Crippen LogP contribution >= 0.6 is 11.3 Å². The Morgan fingerprint density at radius 2 is 1.87 bits per heavy atom. The van der Waals surface area contributed by atoms with Crippen molar-refractivity contribution in [2.75, 3.05) is 13.1 Å². The maximum Gasteiger partial charge on any atom is 0.177 e. The van der Waals surface area contributed by atoms with E-state index in [2.05, 4.69) is 52.5 Å². The fraction of sp³-hybridized carbons (Fsp3) is 0.308. The van der Waals surface area contributed by atoms with Crippen molar-refractivity contribution < 1.29 is 4.79 Å². The minimum Gasteiger partial charge on any atom is -0.298 e. The smallest absolute Gasteiger partial charge is 0.177 e. The molecule has 154 valence electrons. The van der Waals surface area contributed by atoms with E-state index in [1.54, 1.807) is 11.3 Å². The molecule has 2 aliphatic rings. The molecule has 3 heterocycles. The first-order valence-corrected chi connectivity index (χ1v) is 11.1. The summed E-state index contributed by atoms with van der Waals surface area (Å²) in [6, 6.07) is 12.7. The lowest BCUT2D eigenvalue weighted by Gasteiger charge is -2.30. The second kappa shape index (κ2) is 8.66. The summed E-state index contributed by atoms with van der Waals surface area (Å²) in [7, 11) is 0. The average Bonchev–Trinajstić information content (AvgIpc) is 3.18. The Morgan fingerprint density at radius 1 is 1.07 bits per heavy atom. The fourth-order valence-corrected chi connectivity index (χ4v) is 5.39. The Labute approximate surface area is 183 Å². The Balaban J connectivity index is 0.00000218. The van der Waals surface area contributed by atoms with Crippen LogP contribution in [-0.4, -0.2) is 28.8 Å². The zero-order valence-electron chi connectivity index (χ0n) is 16.6. The van der Waals surface area contributed by atoms with Gasteiger partial charge in [0.2, 0.25) is 0 Å². The van der Waals surface area contributed by atoms with Gasteiger partial charge >= 0.3 is 0 Å². The van der Waals surface area contributed by atoms with E-state index in [4.69, 9.17) is 0 Å². The van der Waals surface area contributed by atoms with E-state index in [1.165, 1.54) is 27.8 Å². The average molecular weight is 417 g/mol. The van der Waals surface area contributed by atoms with Crippen LogP contribution in [0.5, 0.6) is 0 Å². The third-order valence-electron chi connectivity index (χ3n) is 6.18. The monoisotopic (exact) mass is 416 g/mol. The van der Waals surface area contributed by atoms with E-state index in [0.29, 0.717) is 6.42 Å². The number of nitrogens with zero attached hydrogens (tertiary/aromatic N) is 2. The summed E-state index contributed by atoms with van der Waals surface area (Å²) in [5, 5.41) is 2.07. The maximum absolute atomic E-state index is 12.8. The number of pyridine rings is 1. The van der Waals surface area contributed by atoms with E-state index in [-0.39, 0.29) is 13.2 Å². The SMILES string of the molecule is C.Cc1ccncc1CN1CCC(=C2c3ccccc3CC(=O)c3sccc32)CC1. The summed E-state index contributed by atoms with van der Waals surface area (Å²) in [6.07, 6.45) is 6.46. The molecule has 1 fully saturated rings. The molecule has 3 aromatic rings. The minimum absolute atomic E-state index is 0. The van der Waals surface area contributed by atoms with E-state index in [9.17, 15) is 4.79 Å². The molecule has 0 saturated carbocycles. The van der Waals surface area contributed by atoms with Crippen molar-refractivity contribution in [1.82, 2.24) is 9.88 Å². The van der Waals surface area contributed by atoms with Crippen molar-refractivity contribution in [2.45, 2.75) is 40.2 Å².